The molecule has 9 heteroatoms. The van der Waals surface area contributed by atoms with E-state index < -0.39 is 15.9 Å². The smallest absolute Gasteiger partial charge is 0.264 e. The summed E-state index contributed by atoms with van der Waals surface area (Å²) in [6.45, 7) is 10.3. The van der Waals surface area contributed by atoms with Crippen molar-refractivity contribution in [3.63, 3.8) is 0 Å². The van der Waals surface area contributed by atoms with E-state index in [1.54, 1.807) is 0 Å². The minimum absolute atomic E-state index is 0.0160. The van der Waals surface area contributed by atoms with E-state index in [9.17, 15) is 8.42 Å². The summed E-state index contributed by atoms with van der Waals surface area (Å²) in [5.41, 5.74) is 0. The fourth-order valence-corrected chi connectivity index (χ4v) is 2.81. The van der Waals surface area contributed by atoms with Crippen molar-refractivity contribution in [1.29, 1.82) is 0 Å². The Balaban J connectivity index is 0.000000254. The quantitative estimate of drug-likeness (QED) is 0.347. The zero-order valence-corrected chi connectivity index (χ0v) is 18.0. The highest BCUT2D eigenvalue weighted by Crippen LogP contribution is 2.21. The molecule has 7 nitrogen and oxygen atoms in total. The highest BCUT2D eigenvalue weighted by molar-refractivity contribution is 14.1. The van der Waals surface area contributed by atoms with E-state index in [4.69, 9.17) is 18.9 Å². The minimum Gasteiger partial charge on any atom is -0.350 e. The van der Waals surface area contributed by atoms with Crippen molar-refractivity contribution in [3.05, 3.63) is 0 Å². The van der Waals surface area contributed by atoms with Crippen molar-refractivity contribution in [2.24, 2.45) is 11.8 Å². The van der Waals surface area contributed by atoms with Crippen LogP contribution in [0.25, 0.3) is 0 Å². The maximum absolute atomic E-state index is 10.7. The molecule has 0 spiro atoms. The Labute approximate surface area is 159 Å². The first-order chi connectivity index (χ1) is 10.9. The molecule has 0 radical (unpaired) electrons. The fraction of sp³-hybridized carbons (Fsp3) is 1.00. The van der Waals surface area contributed by atoms with Gasteiger partial charge in [-0.15, -0.1) is 0 Å². The van der Waals surface area contributed by atoms with Crippen LogP contribution in [0.15, 0.2) is 0 Å². The summed E-state index contributed by atoms with van der Waals surface area (Å²) in [7, 11) is -3.36. The third-order valence-electron chi connectivity index (χ3n) is 3.40. The molecule has 2 aliphatic rings. The van der Waals surface area contributed by atoms with Gasteiger partial charge in [0.2, 0.25) is 0 Å². The van der Waals surface area contributed by atoms with E-state index in [-0.39, 0.29) is 18.3 Å². The molecule has 0 saturated carbocycles. The second-order valence-electron chi connectivity index (χ2n) is 6.92. The van der Waals surface area contributed by atoms with Crippen molar-refractivity contribution in [3.8, 4) is 0 Å². The first kappa shape index (κ1) is 22.5. The Kier molecular flexibility index (Phi) is 8.84. The van der Waals surface area contributed by atoms with Gasteiger partial charge >= 0.3 is 0 Å². The largest absolute Gasteiger partial charge is 0.350 e. The maximum atomic E-state index is 10.7. The van der Waals surface area contributed by atoms with Crippen molar-refractivity contribution >= 4 is 32.7 Å². The lowest BCUT2D eigenvalue weighted by molar-refractivity contribution is -0.264. The number of hydrogen-bond donors (Lipinski definition) is 0. The first-order valence-electron chi connectivity index (χ1n) is 7.88. The standard InChI is InChI=1S/C8H16O5S.C7H13IO2/c1-8(2)11-4-7(5-12-8)6-13-14(3,9)10;1-7(2)9-4-6(3-8)5-10-7/h7H,4-6H2,1-3H3;6H,3-5H2,1-2H3. The van der Waals surface area contributed by atoms with Gasteiger partial charge in [-0.2, -0.15) is 8.42 Å². The fourth-order valence-electron chi connectivity index (χ4n) is 1.86. The summed E-state index contributed by atoms with van der Waals surface area (Å²) in [6, 6.07) is 0. The molecule has 2 aliphatic heterocycles. The van der Waals surface area contributed by atoms with Crippen LogP contribution in [0.1, 0.15) is 27.7 Å². The molecule has 2 saturated heterocycles. The van der Waals surface area contributed by atoms with Crippen molar-refractivity contribution in [1.82, 2.24) is 0 Å². The van der Waals surface area contributed by atoms with E-state index in [0.717, 1.165) is 23.9 Å². The van der Waals surface area contributed by atoms with Crippen LogP contribution in [0, 0.1) is 11.8 Å². The van der Waals surface area contributed by atoms with Gasteiger partial charge < -0.3 is 18.9 Å². The number of hydrogen-bond acceptors (Lipinski definition) is 7. The highest BCUT2D eigenvalue weighted by Gasteiger charge is 2.29. The predicted molar refractivity (Wildman–Crippen MR) is 98.6 cm³/mol. The second kappa shape index (κ2) is 9.43. The van der Waals surface area contributed by atoms with Crippen LogP contribution >= 0.6 is 22.6 Å². The molecule has 0 unspecified atom stereocenters. The van der Waals surface area contributed by atoms with Gasteiger partial charge in [0.25, 0.3) is 10.1 Å². The summed E-state index contributed by atoms with van der Waals surface area (Å²) in [5.74, 6) is -0.337. The molecule has 2 heterocycles. The van der Waals surface area contributed by atoms with E-state index >= 15 is 0 Å². The number of rotatable bonds is 4. The summed E-state index contributed by atoms with van der Waals surface area (Å²) in [6.07, 6.45) is 1.03. The van der Waals surface area contributed by atoms with Crippen LogP contribution in [-0.2, 0) is 33.2 Å². The third kappa shape index (κ3) is 9.83. The average Bonchev–Trinajstić information content (AvgIpc) is 2.46. The lowest BCUT2D eigenvalue weighted by Gasteiger charge is -2.34. The minimum atomic E-state index is -3.36. The van der Waals surface area contributed by atoms with E-state index in [2.05, 4.69) is 26.8 Å². The van der Waals surface area contributed by atoms with Gasteiger partial charge in [0.15, 0.2) is 11.6 Å². The van der Waals surface area contributed by atoms with E-state index in [0.29, 0.717) is 19.1 Å². The Morgan fingerprint density at radius 2 is 1.29 bits per heavy atom. The van der Waals surface area contributed by atoms with Crippen LogP contribution in [0.5, 0.6) is 0 Å². The molecule has 0 aromatic rings. The molecule has 24 heavy (non-hydrogen) atoms. The van der Waals surface area contributed by atoms with Gasteiger partial charge in [0.1, 0.15) is 0 Å². The third-order valence-corrected chi connectivity index (χ3v) is 5.21. The average molecular weight is 480 g/mol. The summed E-state index contributed by atoms with van der Waals surface area (Å²) >= 11 is 2.36. The molecule has 0 amide bonds. The van der Waals surface area contributed by atoms with Crippen molar-refractivity contribution < 1.29 is 31.5 Å². The molecule has 144 valence electrons. The Hall–Kier alpha value is 0.480. The topological polar surface area (TPSA) is 80.3 Å². The molecule has 0 atom stereocenters. The molecular weight excluding hydrogens is 451 g/mol. The van der Waals surface area contributed by atoms with Crippen LogP contribution < -0.4 is 0 Å². The molecule has 0 aromatic carbocycles. The second-order valence-corrected chi connectivity index (χ2v) is 9.44. The first-order valence-corrected chi connectivity index (χ1v) is 11.2. The molecule has 2 rings (SSSR count). The summed E-state index contributed by atoms with van der Waals surface area (Å²) in [4.78, 5) is 0. The Bertz CT molecular complexity index is 458. The molecule has 0 bridgehead atoms. The monoisotopic (exact) mass is 480 g/mol. The maximum Gasteiger partial charge on any atom is 0.264 e. The summed E-state index contributed by atoms with van der Waals surface area (Å²) in [5, 5.41) is 0. The Morgan fingerprint density at radius 3 is 1.62 bits per heavy atom. The van der Waals surface area contributed by atoms with Gasteiger partial charge in [-0.3, -0.25) is 4.18 Å². The zero-order chi connectivity index (χ0) is 18.4. The zero-order valence-electron chi connectivity index (χ0n) is 15.0. The number of halogens is 1. The highest BCUT2D eigenvalue weighted by atomic mass is 127. The lowest BCUT2D eigenvalue weighted by Crippen LogP contribution is -2.40. The van der Waals surface area contributed by atoms with Crippen LogP contribution in [-0.4, -0.2) is 63.7 Å². The summed E-state index contributed by atoms with van der Waals surface area (Å²) < 4.78 is 48.7. The lowest BCUT2D eigenvalue weighted by atomic mass is 10.1. The normalized spacial score (nSPS) is 24.9. The van der Waals surface area contributed by atoms with Crippen LogP contribution in [0.2, 0.25) is 0 Å². The van der Waals surface area contributed by atoms with E-state index in [1.165, 1.54) is 0 Å². The predicted octanol–water partition coefficient (Wildman–Crippen LogP) is 2.18. The van der Waals surface area contributed by atoms with Crippen molar-refractivity contribution in [2.45, 2.75) is 39.3 Å². The van der Waals surface area contributed by atoms with Gasteiger partial charge in [-0.05, 0) is 27.7 Å². The van der Waals surface area contributed by atoms with Gasteiger partial charge in [-0.1, -0.05) is 22.6 Å². The molecule has 2 fully saturated rings. The van der Waals surface area contributed by atoms with Crippen LogP contribution in [0.3, 0.4) is 0 Å². The molecule has 0 aromatic heterocycles. The molecular formula is C15H29IO7S. The number of ether oxygens (including phenoxy) is 4. The van der Waals surface area contributed by atoms with E-state index in [1.807, 2.05) is 27.7 Å². The van der Waals surface area contributed by atoms with Crippen LogP contribution in [0.4, 0.5) is 0 Å². The van der Waals surface area contributed by atoms with Gasteiger partial charge in [-0.25, -0.2) is 0 Å². The van der Waals surface area contributed by atoms with Gasteiger partial charge in [0, 0.05) is 16.3 Å². The molecule has 0 aliphatic carbocycles. The Morgan fingerprint density at radius 1 is 0.917 bits per heavy atom. The molecule has 0 N–H and O–H groups in total. The van der Waals surface area contributed by atoms with Crippen molar-refractivity contribution in [2.75, 3.05) is 43.7 Å². The number of alkyl halides is 1. The van der Waals surface area contributed by atoms with Gasteiger partial charge in [0.05, 0.1) is 39.3 Å². The SMILES string of the molecule is CC1(C)OCC(CI)CO1.CC1(C)OCC(COS(C)(=O)=O)CO1.